The van der Waals surface area contributed by atoms with Crippen molar-refractivity contribution in [2.75, 3.05) is 26.7 Å². The number of benzene rings is 1. The molecule has 0 aliphatic carbocycles. The van der Waals surface area contributed by atoms with E-state index in [4.69, 9.17) is 0 Å². The molecule has 1 fully saturated rings. The highest BCUT2D eigenvalue weighted by Crippen LogP contribution is 2.35. The minimum absolute atomic E-state index is 0.0632. The number of hydrogen-bond donors (Lipinski definition) is 1. The van der Waals surface area contributed by atoms with E-state index in [-0.39, 0.29) is 11.9 Å². The first-order chi connectivity index (χ1) is 9.74. The van der Waals surface area contributed by atoms with Gasteiger partial charge in [0.25, 0.3) is 0 Å². The summed E-state index contributed by atoms with van der Waals surface area (Å²) in [5.41, 5.74) is 0.861. The molecule has 2 atom stereocenters. The van der Waals surface area contributed by atoms with Gasteiger partial charge in [-0.25, -0.2) is 4.39 Å². The third-order valence-electron chi connectivity index (χ3n) is 4.31. The fraction of sp³-hybridized carbons (Fsp3) is 0.647. The molecule has 1 aliphatic rings. The lowest BCUT2D eigenvalue weighted by atomic mass is 9.89. The van der Waals surface area contributed by atoms with E-state index in [0.717, 1.165) is 31.6 Å². The minimum atomic E-state index is -0.0632. The Kier molecular flexibility index (Phi) is 5.99. The zero-order valence-corrected chi connectivity index (χ0v) is 12.7. The summed E-state index contributed by atoms with van der Waals surface area (Å²) in [6.07, 6.45) is 4.78. The van der Waals surface area contributed by atoms with Gasteiger partial charge in [0.2, 0.25) is 0 Å². The van der Waals surface area contributed by atoms with Gasteiger partial charge in [0.05, 0.1) is 0 Å². The number of rotatable bonds is 5. The largest absolute Gasteiger partial charge is 0.316 e. The summed E-state index contributed by atoms with van der Waals surface area (Å²) < 4.78 is 14.2. The number of hydrogen-bond acceptors (Lipinski definition) is 2. The average molecular weight is 278 g/mol. The zero-order chi connectivity index (χ0) is 14.4. The van der Waals surface area contributed by atoms with Gasteiger partial charge in [0.1, 0.15) is 5.82 Å². The van der Waals surface area contributed by atoms with E-state index in [1.54, 1.807) is 12.1 Å². The van der Waals surface area contributed by atoms with Crippen molar-refractivity contribution in [1.82, 2.24) is 10.2 Å². The summed E-state index contributed by atoms with van der Waals surface area (Å²) in [5, 5.41) is 3.52. The molecule has 1 heterocycles. The van der Waals surface area contributed by atoms with Gasteiger partial charge in [-0.2, -0.15) is 0 Å². The predicted molar refractivity (Wildman–Crippen MR) is 82.3 cm³/mol. The van der Waals surface area contributed by atoms with Crippen molar-refractivity contribution in [2.24, 2.45) is 5.92 Å². The maximum Gasteiger partial charge on any atom is 0.127 e. The smallest absolute Gasteiger partial charge is 0.127 e. The number of nitrogens with zero attached hydrogens (tertiary/aromatic N) is 1. The Bertz CT molecular complexity index is 408. The molecule has 2 nitrogen and oxygen atoms in total. The molecule has 0 bridgehead atoms. The fourth-order valence-electron chi connectivity index (χ4n) is 3.31. The van der Waals surface area contributed by atoms with Crippen molar-refractivity contribution >= 4 is 0 Å². The summed E-state index contributed by atoms with van der Waals surface area (Å²) in [6, 6.07) is 7.47. The zero-order valence-electron chi connectivity index (χ0n) is 12.7. The Morgan fingerprint density at radius 1 is 1.30 bits per heavy atom. The van der Waals surface area contributed by atoms with Crippen LogP contribution in [0.5, 0.6) is 0 Å². The van der Waals surface area contributed by atoms with Crippen LogP contribution in [0.1, 0.15) is 44.2 Å². The summed E-state index contributed by atoms with van der Waals surface area (Å²) in [5.74, 6) is 0.428. The van der Waals surface area contributed by atoms with Crippen LogP contribution in [0.4, 0.5) is 4.39 Å². The minimum Gasteiger partial charge on any atom is -0.316 e. The molecule has 1 saturated heterocycles. The lowest BCUT2D eigenvalue weighted by molar-refractivity contribution is 0.184. The van der Waals surface area contributed by atoms with Gasteiger partial charge in [0.15, 0.2) is 0 Å². The van der Waals surface area contributed by atoms with Gasteiger partial charge in [-0.1, -0.05) is 31.5 Å². The predicted octanol–water partition coefficient (Wildman–Crippen LogP) is 3.60. The molecule has 0 aromatic heterocycles. The van der Waals surface area contributed by atoms with Crippen LogP contribution in [0.15, 0.2) is 24.3 Å². The summed E-state index contributed by atoms with van der Waals surface area (Å²) in [4.78, 5) is 2.34. The van der Waals surface area contributed by atoms with Crippen molar-refractivity contribution in [1.29, 1.82) is 0 Å². The Hall–Kier alpha value is -0.930. The van der Waals surface area contributed by atoms with Gasteiger partial charge in [0, 0.05) is 11.6 Å². The maximum absolute atomic E-state index is 14.2. The van der Waals surface area contributed by atoms with Crippen LogP contribution in [0.3, 0.4) is 0 Å². The molecule has 1 aliphatic heterocycles. The van der Waals surface area contributed by atoms with Crippen molar-refractivity contribution in [3.8, 4) is 0 Å². The van der Waals surface area contributed by atoms with E-state index in [1.165, 1.54) is 19.3 Å². The first-order valence-corrected chi connectivity index (χ1v) is 7.89. The molecule has 20 heavy (non-hydrogen) atoms. The van der Waals surface area contributed by atoms with Gasteiger partial charge < -0.3 is 5.32 Å². The highest BCUT2D eigenvalue weighted by molar-refractivity contribution is 5.22. The Balaban J connectivity index is 2.19. The van der Waals surface area contributed by atoms with Gasteiger partial charge in [-0.3, -0.25) is 4.90 Å². The molecule has 0 radical (unpaired) electrons. The molecule has 0 saturated carbocycles. The van der Waals surface area contributed by atoms with Crippen molar-refractivity contribution in [3.63, 3.8) is 0 Å². The Morgan fingerprint density at radius 3 is 2.85 bits per heavy atom. The monoisotopic (exact) mass is 278 g/mol. The molecule has 1 aromatic carbocycles. The first kappa shape index (κ1) is 15.5. The maximum atomic E-state index is 14.2. The lowest BCUT2D eigenvalue weighted by Crippen LogP contribution is -2.35. The molecule has 0 amide bonds. The summed E-state index contributed by atoms with van der Waals surface area (Å²) in [6.45, 7) is 5.27. The molecule has 112 valence electrons. The van der Waals surface area contributed by atoms with E-state index in [1.807, 2.05) is 12.1 Å². The molecule has 1 N–H and O–H groups in total. The van der Waals surface area contributed by atoms with Crippen LogP contribution < -0.4 is 5.32 Å². The lowest BCUT2D eigenvalue weighted by Gasteiger charge is -2.33. The molecule has 0 spiro atoms. The van der Waals surface area contributed by atoms with E-state index in [0.29, 0.717) is 5.92 Å². The highest BCUT2D eigenvalue weighted by atomic mass is 19.1. The average Bonchev–Trinajstić information content (AvgIpc) is 2.62. The highest BCUT2D eigenvalue weighted by Gasteiger charge is 2.30. The van der Waals surface area contributed by atoms with Crippen molar-refractivity contribution < 1.29 is 4.39 Å². The fourth-order valence-corrected chi connectivity index (χ4v) is 3.31. The van der Waals surface area contributed by atoms with E-state index in [2.05, 4.69) is 24.2 Å². The Morgan fingerprint density at radius 2 is 2.10 bits per heavy atom. The second-order valence-corrected chi connectivity index (χ2v) is 5.91. The second-order valence-electron chi connectivity index (χ2n) is 5.91. The van der Waals surface area contributed by atoms with Crippen LogP contribution in [0, 0.1) is 11.7 Å². The van der Waals surface area contributed by atoms with Gasteiger partial charge in [-0.15, -0.1) is 0 Å². The molecule has 2 unspecified atom stereocenters. The molecule has 3 heteroatoms. The van der Waals surface area contributed by atoms with Crippen LogP contribution in [0.25, 0.3) is 0 Å². The van der Waals surface area contributed by atoms with Crippen LogP contribution in [-0.4, -0.2) is 31.6 Å². The summed E-state index contributed by atoms with van der Waals surface area (Å²) >= 11 is 0. The van der Waals surface area contributed by atoms with Crippen molar-refractivity contribution in [2.45, 2.75) is 38.6 Å². The van der Waals surface area contributed by atoms with Gasteiger partial charge in [-0.05, 0) is 57.9 Å². The molecular formula is C17H27FN2. The van der Waals surface area contributed by atoms with Crippen molar-refractivity contribution in [3.05, 3.63) is 35.6 Å². The second kappa shape index (κ2) is 7.75. The first-order valence-electron chi connectivity index (χ1n) is 7.89. The van der Waals surface area contributed by atoms with E-state index >= 15 is 0 Å². The molecular weight excluding hydrogens is 251 g/mol. The number of halogens is 1. The van der Waals surface area contributed by atoms with Crippen LogP contribution in [0.2, 0.25) is 0 Å². The summed E-state index contributed by atoms with van der Waals surface area (Å²) in [7, 11) is 2.13. The van der Waals surface area contributed by atoms with E-state index in [9.17, 15) is 4.39 Å². The topological polar surface area (TPSA) is 15.3 Å². The third-order valence-corrected chi connectivity index (χ3v) is 4.31. The number of nitrogens with one attached hydrogen (secondary N) is 1. The SMILES string of the molecule is CCCNCC1CCCCN(C)C1c1ccccc1F. The quantitative estimate of drug-likeness (QED) is 0.828. The van der Waals surface area contributed by atoms with Crippen LogP contribution in [-0.2, 0) is 0 Å². The Labute approximate surface area is 122 Å². The van der Waals surface area contributed by atoms with E-state index < -0.39 is 0 Å². The van der Waals surface area contributed by atoms with Crippen LogP contribution >= 0.6 is 0 Å². The normalized spacial score (nSPS) is 24.6. The molecule has 2 rings (SSSR count). The molecule has 1 aromatic rings. The number of likely N-dealkylation sites (tertiary alicyclic amines) is 1. The third kappa shape index (κ3) is 3.80. The van der Waals surface area contributed by atoms with Gasteiger partial charge >= 0.3 is 0 Å². The standard InChI is InChI=1S/C17H27FN2/c1-3-11-19-13-14-8-6-7-12-20(2)17(14)15-9-4-5-10-16(15)18/h4-5,9-10,14,17,19H,3,6-8,11-13H2,1-2H3.